The number of halogens is 1. The van der Waals surface area contributed by atoms with Gasteiger partial charge < -0.3 is 5.73 Å². The first kappa shape index (κ1) is 12.3. The van der Waals surface area contributed by atoms with E-state index in [1.165, 1.54) is 22.5 Å². The maximum absolute atomic E-state index is 13.3. The van der Waals surface area contributed by atoms with E-state index >= 15 is 0 Å². The summed E-state index contributed by atoms with van der Waals surface area (Å²) in [5.74, 6) is -0.172. The van der Waals surface area contributed by atoms with E-state index < -0.39 is 15.8 Å². The number of nitrogens with zero attached hydrogens (tertiary/aromatic N) is 1. The number of sulfonamides is 1. The molecule has 94 valence electrons. The third kappa shape index (κ3) is 2.28. The third-order valence-corrected chi connectivity index (χ3v) is 4.87. The van der Waals surface area contributed by atoms with E-state index in [2.05, 4.69) is 0 Å². The molecule has 17 heavy (non-hydrogen) atoms. The molecule has 0 spiro atoms. The Bertz CT molecular complexity index is 530. The molecule has 1 fully saturated rings. The molecular formula is C11H15FN2O2S. The van der Waals surface area contributed by atoms with Crippen molar-refractivity contribution in [3.05, 3.63) is 29.6 Å². The molecule has 0 bridgehead atoms. The molecule has 1 aromatic rings. The molecule has 2 rings (SSSR count). The van der Waals surface area contributed by atoms with Gasteiger partial charge in [0.15, 0.2) is 0 Å². The smallest absolute Gasteiger partial charge is 0.235 e. The molecule has 1 aromatic carbocycles. The van der Waals surface area contributed by atoms with Gasteiger partial charge in [-0.25, -0.2) is 12.8 Å². The van der Waals surface area contributed by atoms with Gasteiger partial charge in [0.25, 0.3) is 0 Å². The minimum Gasteiger partial charge on any atom is -0.326 e. The molecule has 4 nitrogen and oxygen atoms in total. The lowest BCUT2D eigenvalue weighted by Gasteiger charge is -2.18. The van der Waals surface area contributed by atoms with E-state index in [0.29, 0.717) is 17.8 Å². The molecule has 0 saturated carbocycles. The van der Waals surface area contributed by atoms with Crippen molar-refractivity contribution in [2.24, 2.45) is 11.7 Å². The summed E-state index contributed by atoms with van der Waals surface area (Å²) in [5, 5.41) is 0. The van der Waals surface area contributed by atoms with Gasteiger partial charge in [0, 0.05) is 18.7 Å². The summed E-state index contributed by atoms with van der Waals surface area (Å²) < 4.78 is 38.3. The van der Waals surface area contributed by atoms with Crippen molar-refractivity contribution in [3.8, 4) is 0 Å². The van der Waals surface area contributed by atoms with Crippen LogP contribution in [-0.2, 0) is 16.6 Å². The van der Waals surface area contributed by atoms with Crippen molar-refractivity contribution in [2.75, 3.05) is 16.6 Å². The van der Waals surface area contributed by atoms with Crippen molar-refractivity contribution in [3.63, 3.8) is 0 Å². The minimum absolute atomic E-state index is 0.0586. The van der Waals surface area contributed by atoms with Gasteiger partial charge in [-0.05, 0) is 24.1 Å². The lowest BCUT2D eigenvalue weighted by molar-refractivity contribution is 0.597. The van der Waals surface area contributed by atoms with Crippen LogP contribution in [0.3, 0.4) is 0 Å². The van der Waals surface area contributed by atoms with E-state index in [4.69, 9.17) is 5.73 Å². The van der Waals surface area contributed by atoms with Crippen molar-refractivity contribution < 1.29 is 12.8 Å². The summed E-state index contributed by atoms with van der Waals surface area (Å²) in [4.78, 5) is 0. The van der Waals surface area contributed by atoms with Gasteiger partial charge in [0.05, 0.1) is 11.4 Å². The van der Waals surface area contributed by atoms with Crippen LogP contribution in [0, 0.1) is 11.7 Å². The standard InChI is InChI=1S/C11H15FN2O2S/c1-8-6-14(17(15,16)7-8)10-2-3-11(12)9(4-10)5-13/h2-4,8H,5-7,13H2,1H3. The molecule has 0 amide bonds. The Labute approximate surface area is 100 Å². The molecule has 6 heteroatoms. The molecule has 0 aliphatic carbocycles. The SMILES string of the molecule is CC1CN(c2ccc(F)c(CN)c2)S(=O)(=O)C1. The van der Waals surface area contributed by atoms with Crippen LogP contribution in [0.15, 0.2) is 18.2 Å². The second-order valence-corrected chi connectivity index (χ2v) is 6.33. The molecule has 1 saturated heterocycles. The quantitative estimate of drug-likeness (QED) is 0.863. The zero-order valence-electron chi connectivity index (χ0n) is 9.56. The van der Waals surface area contributed by atoms with E-state index in [0.717, 1.165) is 0 Å². The molecule has 1 aliphatic heterocycles. The lowest BCUT2D eigenvalue weighted by atomic mass is 10.1. The molecule has 1 heterocycles. The molecule has 1 atom stereocenters. The topological polar surface area (TPSA) is 63.4 Å². The van der Waals surface area contributed by atoms with Crippen LogP contribution >= 0.6 is 0 Å². The number of hydrogen-bond acceptors (Lipinski definition) is 3. The van der Waals surface area contributed by atoms with Crippen molar-refractivity contribution in [1.29, 1.82) is 0 Å². The van der Waals surface area contributed by atoms with Crippen LogP contribution in [0.4, 0.5) is 10.1 Å². The van der Waals surface area contributed by atoms with Crippen LogP contribution in [0.25, 0.3) is 0 Å². The summed E-state index contributed by atoms with van der Waals surface area (Å²) >= 11 is 0. The Morgan fingerprint density at radius 2 is 2.24 bits per heavy atom. The second kappa shape index (κ2) is 4.27. The van der Waals surface area contributed by atoms with Crippen LogP contribution in [0.5, 0.6) is 0 Å². The Hall–Kier alpha value is -1.14. The summed E-state index contributed by atoms with van der Waals surface area (Å²) in [6, 6.07) is 4.24. The van der Waals surface area contributed by atoms with E-state index in [9.17, 15) is 12.8 Å². The summed E-state index contributed by atoms with van der Waals surface area (Å²) in [7, 11) is -3.26. The van der Waals surface area contributed by atoms with Crippen molar-refractivity contribution >= 4 is 15.7 Å². The summed E-state index contributed by atoms with van der Waals surface area (Å²) in [6.45, 7) is 2.38. The van der Waals surface area contributed by atoms with Gasteiger partial charge in [-0.2, -0.15) is 0 Å². The average molecular weight is 258 g/mol. The first-order chi connectivity index (χ1) is 7.94. The Morgan fingerprint density at radius 1 is 1.53 bits per heavy atom. The van der Waals surface area contributed by atoms with Gasteiger partial charge in [-0.15, -0.1) is 0 Å². The van der Waals surface area contributed by atoms with Gasteiger partial charge in [0.2, 0.25) is 10.0 Å². The summed E-state index contributed by atoms with van der Waals surface area (Å²) in [5.41, 5.74) is 6.23. The summed E-state index contributed by atoms with van der Waals surface area (Å²) in [6.07, 6.45) is 0. The predicted molar refractivity (Wildman–Crippen MR) is 64.6 cm³/mol. The first-order valence-corrected chi connectivity index (χ1v) is 7.04. The molecular weight excluding hydrogens is 243 g/mol. The zero-order valence-corrected chi connectivity index (χ0v) is 10.4. The van der Waals surface area contributed by atoms with Gasteiger partial charge >= 0.3 is 0 Å². The largest absolute Gasteiger partial charge is 0.326 e. The number of benzene rings is 1. The van der Waals surface area contributed by atoms with Gasteiger partial charge in [0.1, 0.15) is 5.82 Å². The third-order valence-electron chi connectivity index (χ3n) is 2.85. The van der Waals surface area contributed by atoms with Crippen LogP contribution in [0.1, 0.15) is 12.5 Å². The predicted octanol–water partition coefficient (Wildman–Crippen LogP) is 1.07. The Morgan fingerprint density at radius 3 is 2.76 bits per heavy atom. The fourth-order valence-corrected chi connectivity index (χ4v) is 3.96. The second-order valence-electron chi connectivity index (χ2n) is 4.39. The first-order valence-electron chi connectivity index (χ1n) is 5.43. The number of rotatable bonds is 2. The molecule has 1 unspecified atom stereocenters. The average Bonchev–Trinajstić information content (AvgIpc) is 2.53. The van der Waals surface area contributed by atoms with E-state index in [-0.39, 0.29) is 18.2 Å². The number of anilines is 1. The van der Waals surface area contributed by atoms with Crippen molar-refractivity contribution in [1.82, 2.24) is 0 Å². The molecule has 2 N–H and O–H groups in total. The zero-order chi connectivity index (χ0) is 12.6. The Kier molecular flexibility index (Phi) is 3.09. The lowest BCUT2D eigenvalue weighted by Crippen LogP contribution is -2.25. The number of hydrogen-bond donors (Lipinski definition) is 1. The van der Waals surface area contributed by atoms with Crippen LogP contribution in [-0.4, -0.2) is 20.7 Å². The maximum Gasteiger partial charge on any atom is 0.235 e. The fraction of sp³-hybridized carbons (Fsp3) is 0.455. The highest BCUT2D eigenvalue weighted by Gasteiger charge is 2.33. The highest BCUT2D eigenvalue weighted by molar-refractivity contribution is 7.93. The van der Waals surface area contributed by atoms with Crippen molar-refractivity contribution in [2.45, 2.75) is 13.5 Å². The van der Waals surface area contributed by atoms with Crippen LogP contribution in [0.2, 0.25) is 0 Å². The van der Waals surface area contributed by atoms with Gasteiger partial charge in [-0.1, -0.05) is 6.92 Å². The van der Waals surface area contributed by atoms with E-state index in [1.807, 2.05) is 6.92 Å². The number of nitrogens with two attached hydrogens (primary N) is 1. The molecule has 0 aromatic heterocycles. The highest BCUT2D eigenvalue weighted by atomic mass is 32.2. The normalized spacial score (nSPS) is 23.0. The van der Waals surface area contributed by atoms with Crippen LogP contribution < -0.4 is 10.0 Å². The van der Waals surface area contributed by atoms with Gasteiger partial charge in [-0.3, -0.25) is 4.31 Å². The monoisotopic (exact) mass is 258 g/mol. The minimum atomic E-state index is -3.26. The molecule has 0 radical (unpaired) electrons. The maximum atomic E-state index is 13.3. The van der Waals surface area contributed by atoms with E-state index in [1.54, 1.807) is 0 Å². The highest BCUT2D eigenvalue weighted by Crippen LogP contribution is 2.28. The Balaban J connectivity index is 2.41. The molecule has 1 aliphatic rings. The fourth-order valence-electron chi connectivity index (χ4n) is 2.04.